The van der Waals surface area contributed by atoms with Crippen LogP contribution < -0.4 is 10.1 Å². The van der Waals surface area contributed by atoms with Crippen molar-refractivity contribution in [3.05, 3.63) is 90.0 Å². The number of carboxylic acids is 1. The third-order valence-electron chi connectivity index (χ3n) is 8.57. The lowest BCUT2D eigenvalue weighted by molar-refractivity contribution is -0.143. The Morgan fingerprint density at radius 3 is 2.21 bits per heavy atom. The second-order valence-electron chi connectivity index (χ2n) is 12.9. The van der Waals surface area contributed by atoms with Crippen LogP contribution in [-0.4, -0.2) is 29.6 Å². The number of rotatable bonds is 13. The highest BCUT2D eigenvalue weighted by Crippen LogP contribution is 2.33. The van der Waals surface area contributed by atoms with Crippen LogP contribution in [0, 0.1) is 17.3 Å². The minimum atomic E-state index is -1.02. The van der Waals surface area contributed by atoms with E-state index < -0.39 is 12.0 Å². The molecule has 0 heterocycles. The monoisotopic (exact) mass is 569 g/mol. The first-order valence-electron chi connectivity index (χ1n) is 15.6. The molecule has 3 aromatic carbocycles. The summed E-state index contributed by atoms with van der Waals surface area (Å²) in [6, 6.07) is 25.3. The SMILES string of the molecule is CC(C)(C)C(CCCc1ccccc1)C(=O)N[C@@H](Cc1ccc(-c2ccccc2OCC2CCCCC2)cc1)C(=O)O. The molecule has 0 aromatic heterocycles. The number of aliphatic carboxylic acids is 1. The summed E-state index contributed by atoms with van der Waals surface area (Å²) in [4.78, 5) is 25.6. The van der Waals surface area contributed by atoms with Crippen molar-refractivity contribution in [3.8, 4) is 16.9 Å². The van der Waals surface area contributed by atoms with Gasteiger partial charge >= 0.3 is 5.97 Å². The fourth-order valence-electron chi connectivity index (χ4n) is 6.03. The van der Waals surface area contributed by atoms with Crippen molar-refractivity contribution < 1.29 is 19.4 Å². The van der Waals surface area contributed by atoms with Crippen molar-refractivity contribution in [2.24, 2.45) is 17.3 Å². The fourth-order valence-corrected chi connectivity index (χ4v) is 6.03. The zero-order valence-corrected chi connectivity index (χ0v) is 25.5. The Labute approximate surface area is 251 Å². The molecule has 5 heteroatoms. The molecular weight excluding hydrogens is 522 g/mol. The van der Waals surface area contributed by atoms with Crippen LogP contribution in [0.2, 0.25) is 0 Å². The largest absolute Gasteiger partial charge is 0.493 e. The van der Waals surface area contributed by atoms with Gasteiger partial charge in [0.2, 0.25) is 5.91 Å². The molecule has 1 amide bonds. The van der Waals surface area contributed by atoms with Gasteiger partial charge in [0.25, 0.3) is 0 Å². The van der Waals surface area contributed by atoms with Crippen molar-refractivity contribution in [3.63, 3.8) is 0 Å². The molecule has 224 valence electrons. The van der Waals surface area contributed by atoms with Gasteiger partial charge in [0.05, 0.1) is 6.61 Å². The molecule has 42 heavy (non-hydrogen) atoms. The van der Waals surface area contributed by atoms with Gasteiger partial charge in [-0.25, -0.2) is 4.79 Å². The summed E-state index contributed by atoms with van der Waals surface area (Å²) in [7, 11) is 0. The molecule has 0 saturated heterocycles. The highest BCUT2D eigenvalue weighted by molar-refractivity contribution is 5.85. The summed E-state index contributed by atoms with van der Waals surface area (Å²) >= 11 is 0. The minimum Gasteiger partial charge on any atom is -0.493 e. The summed E-state index contributed by atoms with van der Waals surface area (Å²) in [5.74, 6) is 0.0103. The molecule has 0 aliphatic heterocycles. The van der Waals surface area contributed by atoms with Crippen LogP contribution in [0.1, 0.15) is 76.8 Å². The Morgan fingerprint density at radius 1 is 0.881 bits per heavy atom. The van der Waals surface area contributed by atoms with Crippen molar-refractivity contribution in [1.82, 2.24) is 5.32 Å². The van der Waals surface area contributed by atoms with Gasteiger partial charge in [-0.15, -0.1) is 0 Å². The van der Waals surface area contributed by atoms with Gasteiger partial charge in [-0.05, 0) is 66.2 Å². The van der Waals surface area contributed by atoms with Gasteiger partial charge in [0.1, 0.15) is 11.8 Å². The van der Waals surface area contributed by atoms with Crippen LogP contribution in [0.5, 0.6) is 5.75 Å². The van der Waals surface area contributed by atoms with Crippen molar-refractivity contribution in [2.75, 3.05) is 6.61 Å². The first kappa shape index (κ1) is 31.3. The number of carbonyl (C=O) groups is 2. The molecule has 0 spiro atoms. The summed E-state index contributed by atoms with van der Waals surface area (Å²) in [5.41, 5.74) is 3.89. The molecule has 2 N–H and O–H groups in total. The third kappa shape index (κ3) is 9.20. The first-order chi connectivity index (χ1) is 20.2. The van der Waals surface area contributed by atoms with E-state index in [1.54, 1.807) is 0 Å². The van der Waals surface area contributed by atoms with Gasteiger partial charge in [0, 0.05) is 17.9 Å². The van der Waals surface area contributed by atoms with Gasteiger partial charge in [-0.3, -0.25) is 4.79 Å². The molecule has 5 nitrogen and oxygen atoms in total. The van der Waals surface area contributed by atoms with Crippen LogP contribution in [0.4, 0.5) is 0 Å². The van der Waals surface area contributed by atoms with E-state index >= 15 is 0 Å². The smallest absolute Gasteiger partial charge is 0.326 e. The quantitative estimate of drug-likeness (QED) is 0.218. The van der Waals surface area contributed by atoms with E-state index in [9.17, 15) is 14.7 Å². The molecule has 1 aliphatic carbocycles. The molecule has 4 rings (SSSR count). The summed E-state index contributed by atoms with van der Waals surface area (Å²) in [5, 5.41) is 12.9. The molecule has 1 aliphatic rings. The van der Waals surface area contributed by atoms with Crippen molar-refractivity contribution in [1.29, 1.82) is 0 Å². The Morgan fingerprint density at radius 2 is 1.55 bits per heavy atom. The molecule has 1 saturated carbocycles. The fraction of sp³-hybridized carbons (Fsp3) is 0.459. The van der Waals surface area contributed by atoms with Crippen molar-refractivity contribution in [2.45, 2.75) is 84.6 Å². The lowest BCUT2D eigenvalue weighted by atomic mass is 9.77. The van der Waals surface area contributed by atoms with E-state index in [1.165, 1.54) is 37.7 Å². The van der Waals surface area contributed by atoms with E-state index in [2.05, 4.69) is 23.5 Å². The lowest BCUT2D eigenvalue weighted by Crippen LogP contribution is -2.47. The van der Waals surface area contributed by atoms with E-state index in [0.717, 1.165) is 41.9 Å². The maximum absolute atomic E-state index is 13.4. The number of hydrogen-bond acceptors (Lipinski definition) is 3. The van der Waals surface area contributed by atoms with Gasteiger partial charge in [-0.2, -0.15) is 0 Å². The normalized spacial score (nSPS) is 15.5. The van der Waals surface area contributed by atoms with Gasteiger partial charge in [-0.1, -0.05) is 113 Å². The number of amides is 1. The molecular formula is C37H47NO4. The number of para-hydroxylation sites is 1. The summed E-state index contributed by atoms with van der Waals surface area (Å²) in [6.07, 6.45) is 9.08. The van der Waals surface area contributed by atoms with Crippen LogP contribution in [0.25, 0.3) is 11.1 Å². The van der Waals surface area contributed by atoms with E-state index in [4.69, 9.17) is 4.74 Å². The number of carboxylic acid groups (broad SMARTS) is 1. The Bertz CT molecular complexity index is 1270. The maximum Gasteiger partial charge on any atom is 0.326 e. The second kappa shape index (κ2) is 15.0. The average Bonchev–Trinajstić information content (AvgIpc) is 2.99. The van der Waals surface area contributed by atoms with Crippen LogP contribution in [0.3, 0.4) is 0 Å². The zero-order valence-electron chi connectivity index (χ0n) is 25.5. The maximum atomic E-state index is 13.4. The molecule has 0 bridgehead atoms. The number of hydrogen-bond donors (Lipinski definition) is 2. The van der Waals surface area contributed by atoms with E-state index in [0.29, 0.717) is 12.3 Å². The van der Waals surface area contributed by atoms with Crippen LogP contribution >= 0.6 is 0 Å². The number of nitrogens with one attached hydrogen (secondary N) is 1. The summed E-state index contributed by atoms with van der Waals surface area (Å²) < 4.78 is 6.28. The highest BCUT2D eigenvalue weighted by atomic mass is 16.5. The molecule has 1 fully saturated rings. The van der Waals surface area contributed by atoms with E-state index in [1.807, 2.05) is 81.4 Å². The highest BCUT2D eigenvalue weighted by Gasteiger charge is 2.33. The molecule has 1 unspecified atom stereocenters. The Kier molecular flexibility index (Phi) is 11.2. The van der Waals surface area contributed by atoms with Crippen LogP contribution in [-0.2, 0) is 22.4 Å². The molecule has 0 radical (unpaired) electrons. The van der Waals surface area contributed by atoms with E-state index in [-0.39, 0.29) is 23.7 Å². The Hall–Kier alpha value is -3.60. The molecule has 2 atom stereocenters. The predicted molar refractivity (Wildman–Crippen MR) is 170 cm³/mol. The predicted octanol–water partition coefficient (Wildman–Crippen LogP) is 8.11. The second-order valence-corrected chi connectivity index (χ2v) is 12.9. The number of ether oxygens (including phenoxy) is 1. The zero-order chi connectivity index (χ0) is 30.0. The average molecular weight is 570 g/mol. The first-order valence-corrected chi connectivity index (χ1v) is 15.6. The summed E-state index contributed by atoms with van der Waals surface area (Å²) in [6.45, 7) is 6.89. The van der Waals surface area contributed by atoms with Gasteiger partial charge in [0.15, 0.2) is 0 Å². The molecule has 3 aromatic rings. The third-order valence-corrected chi connectivity index (χ3v) is 8.57. The standard InChI is InChI=1S/C37H47NO4/c1-37(2,3)32(19-12-17-27-13-6-4-7-14-27)35(39)38-33(36(40)41)25-28-21-23-30(24-22-28)31-18-10-11-20-34(31)42-26-29-15-8-5-9-16-29/h4,6-7,10-11,13-14,18,20-24,29,32-33H,5,8-9,12,15-17,19,25-26H2,1-3H3,(H,38,39)(H,40,41)/t32?,33-/m0/s1. The topological polar surface area (TPSA) is 75.6 Å². The number of carbonyl (C=O) groups excluding carboxylic acids is 1. The Balaban J connectivity index is 1.38. The van der Waals surface area contributed by atoms with Gasteiger partial charge < -0.3 is 15.2 Å². The van der Waals surface area contributed by atoms with Crippen LogP contribution in [0.15, 0.2) is 78.9 Å². The lowest BCUT2D eigenvalue weighted by Gasteiger charge is -2.31. The number of benzene rings is 3. The minimum absolute atomic E-state index is 0.191. The number of aryl methyl sites for hydroxylation is 1. The van der Waals surface area contributed by atoms with Crippen molar-refractivity contribution >= 4 is 11.9 Å².